The zero-order chi connectivity index (χ0) is 20.9. The van der Waals surface area contributed by atoms with E-state index in [9.17, 15) is 9.59 Å². The Bertz CT molecular complexity index is 1350. The number of ether oxygens (including phenoxy) is 1. The zero-order valence-corrected chi connectivity index (χ0v) is 17.6. The first-order valence-electron chi connectivity index (χ1n) is 9.84. The summed E-state index contributed by atoms with van der Waals surface area (Å²) in [6.45, 7) is 4.88. The van der Waals surface area contributed by atoms with Crippen LogP contribution < -0.4 is 11.2 Å². The topological polar surface area (TPSA) is 66.1 Å². The Hall–Kier alpha value is -3.03. The van der Waals surface area contributed by atoms with Crippen LogP contribution in [0.1, 0.15) is 29.9 Å². The first-order chi connectivity index (χ1) is 14.4. The number of fused-ring (bicyclic) bond motifs is 3. The second-order valence-electron chi connectivity index (χ2n) is 8.09. The zero-order valence-electron chi connectivity index (χ0n) is 16.8. The molecule has 0 amide bonds. The third-order valence-electron chi connectivity index (χ3n) is 5.41. The van der Waals surface area contributed by atoms with Gasteiger partial charge in [-0.05, 0) is 37.1 Å². The van der Waals surface area contributed by atoms with E-state index in [2.05, 4.69) is 4.98 Å². The Morgan fingerprint density at radius 3 is 2.60 bits per heavy atom. The standard InChI is InChI=1S/C23H21N3O3S/c1-23(2)12-16-17(14-29-23)30-21-19(16)20(27)26(18-10-6-7-11-24-18)22(28)25(21)13-15-8-4-3-5-9-15/h3-11H,12-14H2,1-2H3. The molecule has 7 heteroatoms. The number of pyridine rings is 1. The van der Waals surface area contributed by atoms with Crippen molar-refractivity contribution in [1.29, 1.82) is 0 Å². The minimum Gasteiger partial charge on any atom is -0.370 e. The number of thiophene rings is 1. The van der Waals surface area contributed by atoms with Crippen LogP contribution in [0.5, 0.6) is 0 Å². The lowest BCUT2D eigenvalue weighted by molar-refractivity contribution is -0.0379. The van der Waals surface area contributed by atoms with Crippen LogP contribution in [0.15, 0.2) is 64.3 Å². The highest BCUT2D eigenvalue weighted by molar-refractivity contribution is 7.18. The van der Waals surface area contributed by atoms with E-state index in [1.54, 1.807) is 29.0 Å². The molecule has 1 aliphatic heterocycles. The molecule has 6 nitrogen and oxygen atoms in total. The van der Waals surface area contributed by atoms with Crippen LogP contribution in [0.4, 0.5) is 0 Å². The highest BCUT2D eigenvalue weighted by Gasteiger charge is 2.32. The predicted octanol–water partition coefficient (Wildman–Crippen LogP) is 3.51. The van der Waals surface area contributed by atoms with Gasteiger partial charge in [-0.15, -0.1) is 11.3 Å². The summed E-state index contributed by atoms with van der Waals surface area (Å²) in [5, 5.41) is 0.604. The van der Waals surface area contributed by atoms with Gasteiger partial charge in [0, 0.05) is 17.5 Å². The molecule has 1 aromatic carbocycles. The molecule has 0 atom stereocenters. The maximum atomic E-state index is 13.6. The summed E-state index contributed by atoms with van der Waals surface area (Å²) in [6, 6.07) is 15.0. The predicted molar refractivity (Wildman–Crippen MR) is 118 cm³/mol. The summed E-state index contributed by atoms with van der Waals surface area (Å²) in [6.07, 6.45) is 2.22. The number of hydrogen-bond acceptors (Lipinski definition) is 5. The van der Waals surface area contributed by atoms with Gasteiger partial charge in [-0.1, -0.05) is 36.4 Å². The van der Waals surface area contributed by atoms with Gasteiger partial charge in [0.05, 0.1) is 24.1 Å². The van der Waals surface area contributed by atoms with Gasteiger partial charge in [-0.2, -0.15) is 0 Å². The van der Waals surface area contributed by atoms with Crippen molar-refractivity contribution >= 4 is 21.6 Å². The summed E-state index contributed by atoms with van der Waals surface area (Å²) in [5.41, 5.74) is 0.934. The Morgan fingerprint density at radius 1 is 1.10 bits per heavy atom. The van der Waals surface area contributed by atoms with Crippen molar-refractivity contribution in [2.45, 2.75) is 39.0 Å². The van der Waals surface area contributed by atoms with E-state index in [0.29, 0.717) is 35.6 Å². The maximum Gasteiger partial charge on any atom is 0.338 e. The van der Waals surface area contributed by atoms with E-state index in [1.165, 1.54) is 15.9 Å². The van der Waals surface area contributed by atoms with Crippen molar-refractivity contribution in [2.75, 3.05) is 0 Å². The van der Waals surface area contributed by atoms with Crippen molar-refractivity contribution < 1.29 is 4.74 Å². The van der Waals surface area contributed by atoms with Crippen LogP contribution in [-0.2, 0) is 24.3 Å². The highest BCUT2D eigenvalue weighted by atomic mass is 32.1. The molecular weight excluding hydrogens is 398 g/mol. The molecule has 0 unspecified atom stereocenters. The molecule has 0 saturated heterocycles. The molecule has 0 N–H and O–H groups in total. The van der Waals surface area contributed by atoms with Crippen molar-refractivity contribution in [3.63, 3.8) is 0 Å². The second kappa shape index (κ2) is 7.04. The molecular formula is C23H21N3O3S. The van der Waals surface area contributed by atoms with E-state index in [0.717, 1.165) is 16.0 Å². The van der Waals surface area contributed by atoms with E-state index in [-0.39, 0.29) is 16.9 Å². The van der Waals surface area contributed by atoms with Crippen LogP contribution >= 0.6 is 11.3 Å². The fourth-order valence-electron chi connectivity index (χ4n) is 3.95. The summed E-state index contributed by atoms with van der Waals surface area (Å²) in [7, 11) is 0. The van der Waals surface area contributed by atoms with Gasteiger partial charge < -0.3 is 4.74 Å². The molecule has 30 heavy (non-hydrogen) atoms. The fourth-order valence-corrected chi connectivity index (χ4v) is 5.16. The minimum atomic E-state index is -0.381. The Labute approximate surface area is 177 Å². The first kappa shape index (κ1) is 19.0. The van der Waals surface area contributed by atoms with Gasteiger partial charge in [0.15, 0.2) is 0 Å². The molecule has 152 valence electrons. The van der Waals surface area contributed by atoms with Crippen molar-refractivity contribution in [3.05, 3.63) is 91.6 Å². The lowest BCUT2D eigenvalue weighted by Crippen LogP contribution is -2.40. The molecule has 0 saturated carbocycles. The average Bonchev–Trinajstić information content (AvgIpc) is 3.10. The first-order valence-corrected chi connectivity index (χ1v) is 10.7. The van der Waals surface area contributed by atoms with Crippen LogP contribution in [0, 0.1) is 0 Å². The molecule has 0 radical (unpaired) electrons. The van der Waals surface area contributed by atoms with Gasteiger partial charge >= 0.3 is 5.69 Å². The summed E-state index contributed by atoms with van der Waals surface area (Å²) < 4.78 is 8.85. The molecule has 0 spiro atoms. The number of hydrogen-bond donors (Lipinski definition) is 0. The van der Waals surface area contributed by atoms with Crippen molar-refractivity contribution in [3.8, 4) is 5.82 Å². The van der Waals surface area contributed by atoms with Crippen LogP contribution in [-0.4, -0.2) is 19.7 Å². The van der Waals surface area contributed by atoms with E-state index >= 15 is 0 Å². The molecule has 0 fully saturated rings. The summed E-state index contributed by atoms with van der Waals surface area (Å²) in [5.74, 6) is 0.336. The van der Waals surface area contributed by atoms with Crippen LogP contribution in [0.3, 0.4) is 0 Å². The molecule has 3 aromatic heterocycles. The van der Waals surface area contributed by atoms with Crippen LogP contribution in [0.2, 0.25) is 0 Å². The highest BCUT2D eigenvalue weighted by Crippen LogP contribution is 2.37. The minimum absolute atomic E-state index is 0.312. The molecule has 0 aliphatic carbocycles. The molecule has 1 aliphatic rings. The molecule has 4 heterocycles. The molecule has 5 rings (SSSR count). The number of benzene rings is 1. The van der Waals surface area contributed by atoms with Gasteiger partial charge in [-0.25, -0.2) is 14.3 Å². The van der Waals surface area contributed by atoms with Gasteiger partial charge in [0.2, 0.25) is 0 Å². The lowest BCUT2D eigenvalue weighted by atomic mass is 9.94. The average molecular weight is 420 g/mol. The Balaban J connectivity index is 1.85. The molecule has 4 aromatic rings. The number of nitrogens with zero attached hydrogens (tertiary/aromatic N) is 3. The van der Waals surface area contributed by atoms with Gasteiger partial charge in [-0.3, -0.25) is 9.36 Å². The van der Waals surface area contributed by atoms with E-state index < -0.39 is 0 Å². The maximum absolute atomic E-state index is 13.6. The lowest BCUT2D eigenvalue weighted by Gasteiger charge is -2.29. The van der Waals surface area contributed by atoms with Gasteiger partial charge in [0.25, 0.3) is 5.56 Å². The second-order valence-corrected chi connectivity index (χ2v) is 9.18. The van der Waals surface area contributed by atoms with E-state index in [4.69, 9.17) is 4.74 Å². The van der Waals surface area contributed by atoms with Crippen molar-refractivity contribution in [1.82, 2.24) is 14.1 Å². The Kier molecular flexibility index (Phi) is 4.45. The summed E-state index contributed by atoms with van der Waals surface area (Å²) >= 11 is 1.48. The quantitative estimate of drug-likeness (QED) is 0.510. The summed E-state index contributed by atoms with van der Waals surface area (Å²) in [4.78, 5) is 33.1. The fraction of sp³-hybridized carbons (Fsp3) is 0.261. The third kappa shape index (κ3) is 3.11. The molecule has 0 bridgehead atoms. The smallest absolute Gasteiger partial charge is 0.338 e. The van der Waals surface area contributed by atoms with Crippen LogP contribution in [0.25, 0.3) is 16.0 Å². The van der Waals surface area contributed by atoms with Gasteiger partial charge in [0.1, 0.15) is 10.6 Å². The Morgan fingerprint density at radius 2 is 1.87 bits per heavy atom. The van der Waals surface area contributed by atoms with E-state index in [1.807, 2.05) is 44.2 Å². The monoisotopic (exact) mass is 419 g/mol. The largest absolute Gasteiger partial charge is 0.370 e. The normalized spacial score (nSPS) is 15.3. The SMILES string of the molecule is CC1(C)Cc2c(sc3c2c(=O)n(-c2ccccn2)c(=O)n3Cc2ccccc2)CO1. The van der Waals surface area contributed by atoms with Crippen molar-refractivity contribution in [2.24, 2.45) is 0 Å². The third-order valence-corrected chi connectivity index (χ3v) is 6.64. The number of aromatic nitrogens is 3. The number of rotatable bonds is 3.